The van der Waals surface area contributed by atoms with Crippen molar-refractivity contribution in [2.24, 2.45) is 0 Å². The third-order valence-corrected chi connectivity index (χ3v) is 2.90. The first-order valence-corrected chi connectivity index (χ1v) is 5.80. The summed E-state index contributed by atoms with van der Waals surface area (Å²) in [6, 6.07) is 3.38. The Morgan fingerprint density at radius 1 is 1.65 bits per heavy atom. The van der Waals surface area contributed by atoms with Crippen LogP contribution in [0.3, 0.4) is 0 Å². The fourth-order valence-electron chi connectivity index (χ4n) is 1.90. The summed E-state index contributed by atoms with van der Waals surface area (Å²) in [5, 5.41) is 13.9. The molecule has 1 aromatic heterocycles. The Labute approximate surface area is 99.8 Å². The lowest BCUT2D eigenvalue weighted by Gasteiger charge is -2.38. The van der Waals surface area contributed by atoms with E-state index < -0.39 is 0 Å². The lowest BCUT2D eigenvalue weighted by molar-refractivity contribution is -0.384. The standard InChI is InChI=1S/C11H16N4O2/c1-2-5-14(10-7-12-8-10)11-6-9(15(16)17)3-4-13-11/h3-4,6,10,12H,2,5,7-8H2,1H3. The Bertz CT molecular complexity index is 406. The van der Waals surface area contributed by atoms with Crippen molar-refractivity contribution in [1.82, 2.24) is 10.3 Å². The van der Waals surface area contributed by atoms with Gasteiger partial charge in [-0.25, -0.2) is 4.98 Å². The maximum atomic E-state index is 10.7. The van der Waals surface area contributed by atoms with Gasteiger partial charge in [0.25, 0.3) is 5.69 Å². The first-order valence-electron chi connectivity index (χ1n) is 5.80. The van der Waals surface area contributed by atoms with Crippen LogP contribution in [0.4, 0.5) is 11.5 Å². The molecule has 0 aliphatic carbocycles. The number of pyridine rings is 1. The molecule has 92 valence electrons. The predicted octanol–water partition coefficient (Wildman–Crippen LogP) is 1.18. The molecule has 0 atom stereocenters. The number of nitrogens with one attached hydrogen (secondary N) is 1. The number of rotatable bonds is 5. The molecule has 0 aromatic carbocycles. The van der Waals surface area contributed by atoms with E-state index in [1.165, 1.54) is 12.3 Å². The van der Waals surface area contributed by atoms with E-state index >= 15 is 0 Å². The normalized spacial score (nSPS) is 15.4. The van der Waals surface area contributed by atoms with Crippen LogP contribution >= 0.6 is 0 Å². The Balaban J connectivity index is 2.22. The second-order valence-electron chi connectivity index (χ2n) is 4.13. The summed E-state index contributed by atoms with van der Waals surface area (Å²) in [6.07, 6.45) is 2.50. The van der Waals surface area contributed by atoms with Gasteiger partial charge in [0.05, 0.1) is 17.0 Å². The van der Waals surface area contributed by atoms with Crippen LogP contribution in [0.5, 0.6) is 0 Å². The lowest BCUT2D eigenvalue weighted by atomic mass is 10.1. The molecule has 1 aliphatic rings. The van der Waals surface area contributed by atoms with Gasteiger partial charge in [-0.15, -0.1) is 0 Å². The van der Waals surface area contributed by atoms with Crippen molar-refractivity contribution in [1.29, 1.82) is 0 Å². The number of nitro groups is 1. The molecule has 1 N–H and O–H groups in total. The van der Waals surface area contributed by atoms with E-state index in [0.29, 0.717) is 11.9 Å². The highest BCUT2D eigenvalue weighted by Crippen LogP contribution is 2.21. The monoisotopic (exact) mass is 236 g/mol. The highest BCUT2D eigenvalue weighted by Gasteiger charge is 2.25. The summed E-state index contributed by atoms with van der Waals surface area (Å²) in [4.78, 5) is 16.7. The van der Waals surface area contributed by atoms with Gasteiger partial charge < -0.3 is 10.2 Å². The van der Waals surface area contributed by atoms with Gasteiger partial charge in [-0.3, -0.25) is 10.1 Å². The smallest absolute Gasteiger partial charge is 0.274 e. The molecule has 2 rings (SSSR count). The van der Waals surface area contributed by atoms with Crippen LogP contribution in [0.25, 0.3) is 0 Å². The molecule has 0 radical (unpaired) electrons. The van der Waals surface area contributed by atoms with Gasteiger partial charge in [-0.1, -0.05) is 6.92 Å². The van der Waals surface area contributed by atoms with E-state index in [1.54, 1.807) is 6.07 Å². The van der Waals surface area contributed by atoms with Gasteiger partial charge in [0.2, 0.25) is 0 Å². The second kappa shape index (κ2) is 5.09. The van der Waals surface area contributed by atoms with E-state index in [2.05, 4.69) is 22.1 Å². The molecule has 0 unspecified atom stereocenters. The molecule has 2 heterocycles. The molecule has 0 spiro atoms. The molecular weight excluding hydrogens is 220 g/mol. The maximum absolute atomic E-state index is 10.7. The number of aromatic nitrogens is 1. The molecule has 6 heteroatoms. The van der Waals surface area contributed by atoms with Crippen LogP contribution in [0.2, 0.25) is 0 Å². The molecule has 6 nitrogen and oxygen atoms in total. The summed E-state index contributed by atoms with van der Waals surface area (Å²) in [5.41, 5.74) is 0.100. The van der Waals surface area contributed by atoms with Gasteiger partial charge in [0.1, 0.15) is 5.82 Å². The van der Waals surface area contributed by atoms with Crippen molar-refractivity contribution in [2.45, 2.75) is 19.4 Å². The lowest BCUT2D eigenvalue weighted by Crippen LogP contribution is -2.57. The van der Waals surface area contributed by atoms with Crippen molar-refractivity contribution < 1.29 is 4.92 Å². The summed E-state index contributed by atoms with van der Waals surface area (Å²) in [5.74, 6) is 0.701. The van der Waals surface area contributed by atoms with Gasteiger partial charge in [0, 0.05) is 31.9 Å². The first kappa shape index (κ1) is 11.8. The van der Waals surface area contributed by atoms with E-state index in [-0.39, 0.29) is 10.6 Å². The third-order valence-electron chi connectivity index (χ3n) is 2.90. The van der Waals surface area contributed by atoms with Crippen molar-refractivity contribution >= 4 is 11.5 Å². The topological polar surface area (TPSA) is 71.3 Å². The highest BCUT2D eigenvalue weighted by molar-refractivity contribution is 5.48. The van der Waals surface area contributed by atoms with Crippen LogP contribution in [-0.2, 0) is 0 Å². The van der Waals surface area contributed by atoms with Crippen molar-refractivity contribution in [2.75, 3.05) is 24.5 Å². The zero-order valence-corrected chi connectivity index (χ0v) is 9.80. The molecule has 0 amide bonds. The maximum Gasteiger partial charge on any atom is 0.274 e. The Kier molecular flexibility index (Phi) is 3.53. The largest absolute Gasteiger partial charge is 0.351 e. The van der Waals surface area contributed by atoms with E-state index in [1.807, 2.05) is 0 Å². The van der Waals surface area contributed by atoms with Crippen LogP contribution in [0.15, 0.2) is 18.3 Å². The van der Waals surface area contributed by atoms with E-state index in [0.717, 1.165) is 26.1 Å². The fourth-order valence-corrected chi connectivity index (χ4v) is 1.90. The molecule has 1 aliphatic heterocycles. The Morgan fingerprint density at radius 2 is 2.41 bits per heavy atom. The Hall–Kier alpha value is -1.69. The van der Waals surface area contributed by atoms with Crippen LogP contribution < -0.4 is 10.2 Å². The zero-order chi connectivity index (χ0) is 12.3. The minimum atomic E-state index is -0.381. The number of nitrogens with zero attached hydrogens (tertiary/aromatic N) is 3. The summed E-state index contributed by atoms with van der Waals surface area (Å²) >= 11 is 0. The quantitative estimate of drug-likeness (QED) is 0.614. The predicted molar refractivity (Wildman–Crippen MR) is 65.2 cm³/mol. The average Bonchev–Trinajstić information content (AvgIpc) is 2.26. The van der Waals surface area contributed by atoms with Gasteiger partial charge in [-0.2, -0.15) is 0 Å². The first-order chi connectivity index (χ1) is 8.22. The third kappa shape index (κ3) is 2.52. The molecule has 1 aromatic rings. The zero-order valence-electron chi connectivity index (χ0n) is 9.80. The van der Waals surface area contributed by atoms with Gasteiger partial charge >= 0.3 is 0 Å². The van der Waals surface area contributed by atoms with E-state index in [4.69, 9.17) is 0 Å². The SMILES string of the molecule is CCCN(c1cc([N+](=O)[O-])ccn1)C1CNC1. The van der Waals surface area contributed by atoms with E-state index in [9.17, 15) is 10.1 Å². The summed E-state index contributed by atoms with van der Waals surface area (Å²) < 4.78 is 0. The molecular formula is C11H16N4O2. The fraction of sp³-hybridized carbons (Fsp3) is 0.545. The minimum absolute atomic E-state index is 0.100. The molecule has 0 bridgehead atoms. The van der Waals surface area contributed by atoms with Crippen molar-refractivity contribution in [3.8, 4) is 0 Å². The van der Waals surface area contributed by atoms with Crippen molar-refractivity contribution in [3.63, 3.8) is 0 Å². The minimum Gasteiger partial charge on any atom is -0.351 e. The van der Waals surface area contributed by atoms with Gasteiger partial charge in [-0.05, 0) is 6.42 Å². The summed E-state index contributed by atoms with van der Waals surface area (Å²) in [6.45, 7) is 4.81. The van der Waals surface area contributed by atoms with Crippen LogP contribution in [0.1, 0.15) is 13.3 Å². The second-order valence-corrected chi connectivity index (χ2v) is 4.13. The number of hydrogen-bond donors (Lipinski definition) is 1. The molecule has 17 heavy (non-hydrogen) atoms. The van der Waals surface area contributed by atoms with Crippen molar-refractivity contribution in [3.05, 3.63) is 28.4 Å². The highest BCUT2D eigenvalue weighted by atomic mass is 16.6. The molecule has 1 saturated heterocycles. The van der Waals surface area contributed by atoms with Crippen LogP contribution in [-0.4, -0.2) is 35.6 Å². The molecule has 1 fully saturated rings. The Morgan fingerprint density at radius 3 is 2.94 bits per heavy atom. The molecule has 0 saturated carbocycles. The van der Waals surface area contributed by atoms with Gasteiger partial charge in [0.15, 0.2) is 0 Å². The average molecular weight is 236 g/mol. The summed E-state index contributed by atoms with van der Waals surface area (Å²) in [7, 11) is 0. The number of anilines is 1. The number of hydrogen-bond acceptors (Lipinski definition) is 5. The van der Waals surface area contributed by atoms with Crippen LogP contribution in [0, 0.1) is 10.1 Å².